The molecule has 1 aromatic carbocycles. The molecule has 0 aromatic heterocycles. The lowest BCUT2D eigenvalue weighted by Crippen LogP contribution is -2.38. The third kappa shape index (κ3) is 3.33. The van der Waals surface area contributed by atoms with Gasteiger partial charge in [0.2, 0.25) is 11.8 Å². The third-order valence-corrected chi connectivity index (χ3v) is 3.38. The molecule has 1 aliphatic rings. The maximum Gasteiger partial charge on any atom is 0.246 e. The summed E-state index contributed by atoms with van der Waals surface area (Å²) in [5, 5.41) is 8.53. The highest BCUT2D eigenvalue weighted by molar-refractivity contribution is 9.10. The first-order chi connectivity index (χ1) is 9.11. The summed E-state index contributed by atoms with van der Waals surface area (Å²) in [7, 11) is 0. The predicted octanol–water partition coefficient (Wildman–Crippen LogP) is 1.56. The minimum Gasteiger partial charge on any atom is -0.355 e. The summed E-state index contributed by atoms with van der Waals surface area (Å²) in [4.78, 5) is 23.4. The van der Waals surface area contributed by atoms with Gasteiger partial charge < -0.3 is 10.6 Å². The molecular formula is C13H16BrN3O2. The van der Waals surface area contributed by atoms with Gasteiger partial charge in [-0.05, 0) is 18.6 Å². The molecule has 3 N–H and O–H groups in total. The van der Waals surface area contributed by atoms with E-state index in [1.54, 1.807) is 0 Å². The van der Waals surface area contributed by atoms with Crippen molar-refractivity contribution in [3.63, 3.8) is 0 Å². The van der Waals surface area contributed by atoms with Crippen LogP contribution in [0.15, 0.2) is 22.7 Å². The number of carbonyl (C=O) groups is 2. The molecule has 0 spiro atoms. The van der Waals surface area contributed by atoms with E-state index in [1.807, 2.05) is 25.1 Å². The molecule has 1 aliphatic heterocycles. The van der Waals surface area contributed by atoms with Gasteiger partial charge in [0.1, 0.15) is 6.04 Å². The van der Waals surface area contributed by atoms with Gasteiger partial charge in [-0.1, -0.05) is 28.9 Å². The van der Waals surface area contributed by atoms with E-state index in [4.69, 9.17) is 0 Å². The van der Waals surface area contributed by atoms with Gasteiger partial charge in [-0.15, -0.1) is 0 Å². The van der Waals surface area contributed by atoms with Crippen LogP contribution in [0.3, 0.4) is 0 Å². The minimum atomic E-state index is -0.463. The number of rotatable bonds is 5. The molecule has 1 aromatic rings. The zero-order valence-corrected chi connectivity index (χ0v) is 12.2. The first kappa shape index (κ1) is 14.0. The predicted molar refractivity (Wildman–Crippen MR) is 76.8 cm³/mol. The van der Waals surface area contributed by atoms with Crippen LogP contribution in [0.5, 0.6) is 0 Å². The van der Waals surface area contributed by atoms with Crippen LogP contribution in [0.4, 0.5) is 5.69 Å². The van der Waals surface area contributed by atoms with Gasteiger partial charge in [0.25, 0.3) is 0 Å². The molecule has 5 nitrogen and oxygen atoms in total. The van der Waals surface area contributed by atoms with Crippen molar-refractivity contribution >= 4 is 33.4 Å². The number of hydrogen-bond acceptors (Lipinski definition) is 3. The number of amides is 2. The minimum absolute atomic E-state index is 0.0970. The summed E-state index contributed by atoms with van der Waals surface area (Å²) in [5.74, 6) is -0.225. The zero-order chi connectivity index (χ0) is 13.8. The van der Waals surface area contributed by atoms with E-state index in [1.165, 1.54) is 0 Å². The molecule has 0 bridgehead atoms. The average Bonchev–Trinajstić information content (AvgIpc) is 2.68. The van der Waals surface area contributed by atoms with Crippen molar-refractivity contribution in [3.8, 4) is 0 Å². The van der Waals surface area contributed by atoms with Crippen LogP contribution in [-0.4, -0.2) is 24.9 Å². The summed E-state index contributed by atoms with van der Waals surface area (Å²) in [6, 6.07) is 5.14. The Morgan fingerprint density at radius 3 is 3.00 bits per heavy atom. The summed E-state index contributed by atoms with van der Waals surface area (Å²) in [6.07, 6.45) is 0.895. The maximum atomic E-state index is 11.8. The second-order valence-electron chi connectivity index (χ2n) is 4.38. The van der Waals surface area contributed by atoms with E-state index in [9.17, 15) is 9.59 Å². The van der Waals surface area contributed by atoms with E-state index < -0.39 is 6.04 Å². The van der Waals surface area contributed by atoms with E-state index in [0.717, 1.165) is 22.1 Å². The molecule has 0 radical (unpaired) electrons. The van der Waals surface area contributed by atoms with Crippen LogP contribution >= 0.6 is 15.9 Å². The largest absolute Gasteiger partial charge is 0.355 e. The smallest absolute Gasteiger partial charge is 0.246 e. The lowest BCUT2D eigenvalue weighted by atomic mass is 10.1. The second kappa shape index (κ2) is 6.16. The Morgan fingerprint density at radius 2 is 2.26 bits per heavy atom. The molecule has 2 amide bonds. The van der Waals surface area contributed by atoms with Crippen molar-refractivity contribution < 1.29 is 9.59 Å². The highest BCUT2D eigenvalue weighted by Crippen LogP contribution is 2.32. The first-order valence-electron chi connectivity index (χ1n) is 6.22. The molecule has 6 heteroatoms. The molecule has 2 rings (SSSR count). The number of fused-ring (bicyclic) bond motifs is 1. The van der Waals surface area contributed by atoms with Crippen LogP contribution in [0, 0.1) is 0 Å². The molecule has 0 saturated heterocycles. The lowest BCUT2D eigenvalue weighted by Gasteiger charge is -2.11. The molecule has 0 fully saturated rings. The normalized spacial score (nSPS) is 16.9. The van der Waals surface area contributed by atoms with Crippen LogP contribution in [-0.2, 0) is 9.59 Å². The van der Waals surface area contributed by atoms with Crippen LogP contribution in [0.2, 0.25) is 0 Å². The van der Waals surface area contributed by atoms with Crippen LogP contribution in [0.25, 0.3) is 0 Å². The molecule has 1 unspecified atom stereocenters. The highest BCUT2D eigenvalue weighted by Gasteiger charge is 2.30. The number of benzene rings is 1. The summed E-state index contributed by atoms with van der Waals surface area (Å²) in [6.45, 7) is 2.78. The fraction of sp³-hybridized carbons (Fsp3) is 0.385. The number of halogens is 1. The van der Waals surface area contributed by atoms with Crippen molar-refractivity contribution in [1.82, 2.24) is 10.6 Å². The van der Waals surface area contributed by atoms with Gasteiger partial charge in [0.05, 0.1) is 6.54 Å². The van der Waals surface area contributed by atoms with Crippen molar-refractivity contribution in [2.75, 3.05) is 18.4 Å². The van der Waals surface area contributed by atoms with Gasteiger partial charge in [-0.2, -0.15) is 0 Å². The number of anilines is 1. The second-order valence-corrected chi connectivity index (χ2v) is 5.30. The maximum absolute atomic E-state index is 11.8. The Labute approximate surface area is 120 Å². The molecular weight excluding hydrogens is 310 g/mol. The highest BCUT2D eigenvalue weighted by atomic mass is 79.9. The van der Waals surface area contributed by atoms with Crippen LogP contribution in [0.1, 0.15) is 24.9 Å². The van der Waals surface area contributed by atoms with Crippen molar-refractivity contribution in [2.24, 2.45) is 0 Å². The fourth-order valence-corrected chi connectivity index (χ4v) is 2.32. The average molecular weight is 326 g/mol. The Balaban J connectivity index is 1.98. The standard InChI is InChI=1S/C13H16BrN3O2/c1-2-5-15-11(18)7-16-12-9-4-3-8(14)6-10(9)17-13(12)19/h3-4,6,12,16H,2,5,7H2,1H3,(H,15,18)(H,17,19). The van der Waals surface area contributed by atoms with Crippen molar-refractivity contribution in [1.29, 1.82) is 0 Å². The van der Waals surface area contributed by atoms with Crippen LogP contribution < -0.4 is 16.0 Å². The monoisotopic (exact) mass is 325 g/mol. The molecule has 1 atom stereocenters. The summed E-state index contributed by atoms with van der Waals surface area (Å²) >= 11 is 3.36. The van der Waals surface area contributed by atoms with E-state index in [0.29, 0.717) is 6.54 Å². The number of nitrogens with one attached hydrogen (secondary N) is 3. The van der Waals surface area contributed by atoms with E-state index in [-0.39, 0.29) is 18.4 Å². The lowest BCUT2D eigenvalue weighted by molar-refractivity contribution is -0.121. The topological polar surface area (TPSA) is 70.2 Å². The zero-order valence-electron chi connectivity index (χ0n) is 10.6. The Bertz CT molecular complexity index is 505. The third-order valence-electron chi connectivity index (χ3n) is 2.89. The Kier molecular flexibility index (Phi) is 4.55. The molecule has 102 valence electrons. The molecule has 1 heterocycles. The SMILES string of the molecule is CCCNC(=O)CNC1C(=O)Nc2cc(Br)ccc21. The first-order valence-corrected chi connectivity index (χ1v) is 7.01. The van der Waals surface area contributed by atoms with Gasteiger partial charge in [-0.25, -0.2) is 0 Å². The van der Waals surface area contributed by atoms with Gasteiger partial charge in [0.15, 0.2) is 0 Å². The Hall–Kier alpha value is -1.40. The van der Waals surface area contributed by atoms with Gasteiger partial charge in [-0.3, -0.25) is 14.9 Å². The summed E-state index contributed by atoms with van der Waals surface area (Å²) in [5.41, 5.74) is 1.65. The van der Waals surface area contributed by atoms with Crippen molar-refractivity contribution in [3.05, 3.63) is 28.2 Å². The molecule has 0 saturated carbocycles. The van der Waals surface area contributed by atoms with Crippen molar-refractivity contribution in [2.45, 2.75) is 19.4 Å². The molecule has 19 heavy (non-hydrogen) atoms. The van der Waals surface area contributed by atoms with E-state index >= 15 is 0 Å². The number of hydrogen-bond donors (Lipinski definition) is 3. The Morgan fingerprint density at radius 1 is 1.47 bits per heavy atom. The van der Waals surface area contributed by atoms with Gasteiger partial charge >= 0.3 is 0 Å². The number of carbonyl (C=O) groups excluding carboxylic acids is 2. The summed E-state index contributed by atoms with van der Waals surface area (Å²) < 4.78 is 0.910. The quantitative estimate of drug-likeness (QED) is 0.769. The van der Waals surface area contributed by atoms with E-state index in [2.05, 4.69) is 31.9 Å². The van der Waals surface area contributed by atoms with Gasteiger partial charge in [0, 0.05) is 22.3 Å². The fourth-order valence-electron chi connectivity index (χ4n) is 1.96. The molecule has 0 aliphatic carbocycles.